The molecule has 0 aromatic heterocycles. The molecule has 3 unspecified atom stereocenters. The lowest BCUT2D eigenvalue weighted by molar-refractivity contribution is -0.160. The van der Waals surface area contributed by atoms with E-state index in [-0.39, 0.29) is 11.6 Å². The van der Waals surface area contributed by atoms with E-state index in [0.29, 0.717) is 6.04 Å². The van der Waals surface area contributed by atoms with E-state index in [2.05, 4.69) is 17.1 Å². The molecule has 1 aromatic rings. The fourth-order valence-electron chi connectivity index (χ4n) is 2.70. The normalized spacial score (nSPS) is 26.4. The minimum atomic E-state index is -4.27. The first-order valence-corrected chi connectivity index (χ1v) is 6.96. The van der Waals surface area contributed by atoms with Gasteiger partial charge in [-0.15, -0.1) is 0 Å². The fraction of sp³-hybridized carbons (Fsp3) is 0.600. The third-order valence-electron chi connectivity index (χ3n) is 4.07. The lowest BCUT2D eigenvalue weighted by atomic mass is 9.96. The molecule has 1 aliphatic heterocycles. The van der Waals surface area contributed by atoms with E-state index >= 15 is 0 Å². The van der Waals surface area contributed by atoms with Crippen LogP contribution >= 0.6 is 0 Å². The number of rotatable bonds is 3. The molecule has 5 heteroatoms. The number of likely N-dealkylation sites (tertiary alicyclic amines) is 1. The van der Waals surface area contributed by atoms with Gasteiger partial charge in [0, 0.05) is 12.1 Å². The van der Waals surface area contributed by atoms with E-state index in [4.69, 9.17) is 0 Å². The van der Waals surface area contributed by atoms with E-state index in [0.717, 1.165) is 19.4 Å². The Bertz CT molecular complexity index is 419. The number of halogens is 3. The van der Waals surface area contributed by atoms with Crippen molar-refractivity contribution >= 4 is 0 Å². The molecule has 0 aliphatic carbocycles. The summed E-state index contributed by atoms with van der Waals surface area (Å²) < 4.78 is 39.8. The van der Waals surface area contributed by atoms with Crippen LogP contribution in [0.25, 0.3) is 0 Å². The molecule has 1 aromatic carbocycles. The van der Waals surface area contributed by atoms with Crippen LogP contribution in [-0.4, -0.2) is 36.8 Å². The fourth-order valence-corrected chi connectivity index (χ4v) is 2.70. The lowest BCUT2D eigenvalue weighted by Gasteiger charge is -2.37. The highest BCUT2D eigenvalue weighted by atomic mass is 19.4. The molecule has 2 nitrogen and oxygen atoms in total. The van der Waals surface area contributed by atoms with Crippen molar-refractivity contribution in [2.24, 2.45) is 0 Å². The van der Waals surface area contributed by atoms with Crippen molar-refractivity contribution in [3.63, 3.8) is 0 Å². The molecular weight excluding hydrogens is 265 g/mol. The van der Waals surface area contributed by atoms with Crippen LogP contribution in [0.4, 0.5) is 13.2 Å². The van der Waals surface area contributed by atoms with Gasteiger partial charge in [-0.05, 0) is 38.9 Å². The molecule has 3 atom stereocenters. The van der Waals surface area contributed by atoms with Gasteiger partial charge in [0.25, 0.3) is 0 Å². The summed E-state index contributed by atoms with van der Waals surface area (Å²) in [5, 5.41) is 2.81. The zero-order valence-corrected chi connectivity index (χ0v) is 11.8. The van der Waals surface area contributed by atoms with Crippen LogP contribution in [0.1, 0.15) is 31.4 Å². The van der Waals surface area contributed by atoms with Gasteiger partial charge >= 0.3 is 6.18 Å². The Balaban J connectivity index is 2.10. The van der Waals surface area contributed by atoms with Crippen LogP contribution in [0.2, 0.25) is 0 Å². The van der Waals surface area contributed by atoms with E-state index in [9.17, 15) is 13.2 Å². The molecule has 20 heavy (non-hydrogen) atoms. The topological polar surface area (TPSA) is 15.3 Å². The molecule has 0 amide bonds. The van der Waals surface area contributed by atoms with Crippen molar-refractivity contribution in [3.8, 4) is 0 Å². The second-order valence-corrected chi connectivity index (χ2v) is 5.60. The van der Waals surface area contributed by atoms with Crippen LogP contribution in [0.5, 0.6) is 0 Å². The molecule has 0 spiro atoms. The Morgan fingerprint density at radius 1 is 1.25 bits per heavy atom. The number of hydrogen-bond donors (Lipinski definition) is 1. The van der Waals surface area contributed by atoms with Crippen molar-refractivity contribution in [2.45, 2.75) is 44.1 Å². The Hall–Kier alpha value is -1.07. The molecule has 1 aliphatic rings. The van der Waals surface area contributed by atoms with Gasteiger partial charge in [-0.1, -0.05) is 30.3 Å². The van der Waals surface area contributed by atoms with Crippen LogP contribution in [0, 0.1) is 0 Å². The largest absolute Gasteiger partial charge is 0.407 e. The van der Waals surface area contributed by atoms with Gasteiger partial charge in [-0.25, -0.2) is 0 Å². The predicted molar refractivity (Wildman–Crippen MR) is 73.5 cm³/mol. The third kappa shape index (κ3) is 3.73. The smallest absolute Gasteiger partial charge is 0.304 e. The van der Waals surface area contributed by atoms with Crippen molar-refractivity contribution in [1.29, 1.82) is 0 Å². The third-order valence-corrected chi connectivity index (χ3v) is 4.07. The van der Waals surface area contributed by atoms with E-state index in [1.807, 2.05) is 7.05 Å². The van der Waals surface area contributed by atoms with E-state index in [1.54, 1.807) is 18.2 Å². The molecular formula is C15H21F3N2. The van der Waals surface area contributed by atoms with Crippen molar-refractivity contribution in [3.05, 3.63) is 35.9 Å². The van der Waals surface area contributed by atoms with Crippen LogP contribution < -0.4 is 5.32 Å². The quantitative estimate of drug-likeness (QED) is 0.916. The molecule has 0 bridgehead atoms. The first kappa shape index (κ1) is 15.3. The van der Waals surface area contributed by atoms with Crippen LogP contribution in [0.15, 0.2) is 30.3 Å². The number of piperidine rings is 1. The summed E-state index contributed by atoms with van der Waals surface area (Å²) in [5.41, 5.74) is 0.284. The Morgan fingerprint density at radius 2 is 1.90 bits per heavy atom. The predicted octanol–water partition coefficient (Wildman–Crippen LogP) is 3.36. The SMILES string of the molecule is CC1CC(NC(c2ccccc2)C(F)(F)F)CCN1C. The number of nitrogens with one attached hydrogen (secondary N) is 1. The Morgan fingerprint density at radius 3 is 2.45 bits per heavy atom. The summed E-state index contributed by atoms with van der Waals surface area (Å²) in [6.07, 6.45) is -2.77. The summed E-state index contributed by atoms with van der Waals surface area (Å²) in [7, 11) is 2.01. The van der Waals surface area contributed by atoms with Gasteiger partial charge in [0.05, 0.1) is 0 Å². The minimum absolute atomic E-state index is 0.0898. The van der Waals surface area contributed by atoms with Gasteiger partial charge in [0.2, 0.25) is 0 Å². The summed E-state index contributed by atoms with van der Waals surface area (Å²) in [4.78, 5) is 2.18. The Labute approximate surface area is 118 Å². The number of benzene rings is 1. The van der Waals surface area contributed by atoms with Crippen LogP contribution in [-0.2, 0) is 0 Å². The Kier molecular flexibility index (Phi) is 4.70. The second kappa shape index (κ2) is 6.14. The molecule has 0 saturated carbocycles. The highest BCUT2D eigenvalue weighted by Gasteiger charge is 2.42. The van der Waals surface area contributed by atoms with Gasteiger partial charge in [-0.3, -0.25) is 5.32 Å². The van der Waals surface area contributed by atoms with Crippen molar-refractivity contribution < 1.29 is 13.2 Å². The number of hydrogen-bond acceptors (Lipinski definition) is 2. The molecule has 1 saturated heterocycles. The first-order valence-electron chi connectivity index (χ1n) is 6.96. The summed E-state index contributed by atoms with van der Waals surface area (Å²) in [6, 6.07) is 6.73. The summed E-state index contributed by atoms with van der Waals surface area (Å²) >= 11 is 0. The van der Waals surface area contributed by atoms with Gasteiger partial charge in [0.15, 0.2) is 0 Å². The zero-order valence-electron chi connectivity index (χ0n) is 11.8. The standard InChI is InChI=1S/C15H21F3N2/c1-11-10-13(8-9-20(11)2)19-14(15(16,17)18)12-6-4-3-5-7-12/h3-7,11,13-14,19H,8-10H2,1-2H3. The maximum Gasteiger partial charge on any atom is 0.407 e. The van der Waals surface area contributed by atoms with Crippen molar-refractivity contribution in [1.82, 2.24) is 10.2 Å². The molecule has 0 radical (unpaired) electrons. The zero-order chi connectivity index (χ0) is 14.8. The monoisotopic (exact) mass is 286 g/mol. The average Bonchev–Trinajstić information content (AvgIpc) is 2.39. The maximum absolute atomic E-state index is 13.3. The number of alkyl halides is 3. The number of nitrogens with zero attached hydrogens (tertiary/aromatic N) is 1. The van der Waals surface area contributed by atoms with Gasteiger partial charge in [-0.2, -0.15) is 13.2 Å². The molecule has 112 valence electrons. The highest BCUT2D eigenvalue weighted by Crippen LogP contribution is 2.34. The first-order chi connectivity index (χ1) is 9.38. The van der Waals surface area contributed by atoms with Crippen LogP contribution in [0.3, 0.4) is 0 Å². The van der Waals surface area contributed by atoms with Gasteiger partial charge < -0.3 is 4.90 Å². The molecule has 1 fully saturated rings. The van der Waals surface area contributed by atoms with Crippen molar-refractivity contribution in [2.75, 3.05) is 13.6 Å². The van der Waals surface area contributed by atoms with Gasteiger partial charge in [0.1, 0.15) is 6.04 Å². The van der Waals surface area contributed by atoms with E-state index in [1.165, 1.54) is 12.1 Å². The summed E-state index contributed by atoms with van der Waals surface area (Å²) in [5.74, 6) is 0. The lowest BCUT2D eigenvalue weighted by Crippen LogP contribution is -2.49. The molecule has 2 rings (SSSR count). The average molecular weight is 286 g/mol. The van der Waals surface area contributed by atoms with E-state index < -0.39 is 12.2 Å². The highest BCUT2D eigenvalue weighted by molar-refractivity contribution is 5.20. The molecule has 1 heterocycles. The maximum atomic E-state index is 13.3. The minimum Gasteiger partial charge on any atom is -0.304 e. The molecule has 1 N–H and O–H groups in total. The second-order valence-electron chi connectivity index (χ2n) is 5.60. The summed E-state index contributed by atoms with van der Waals surface area (Å²) in [6.45, 7) is 2.89.